The van der Waals surface area contributed by atoms with Crippen molar-refractivity contribution < 1.29 is 22.0 Å². The molecule has 0 saturated carbocycles. The lowest BCUT2D eigenvalue weighted by Gasteiger charge is -2.32. The van der Waals surface area contributed by atoms with Gasteiger partial charge < -0.3 is 9.15 Å². The monoisotopic (exact) mass is 573 g/mol. The molecule has 0 amide bonds. The molecule has 2 heterocycles. The van der Waals surface area contributed by atoms with Crippen LogP contribution in [0.4, 0.5) is 4.39 Å². The summed E-state index contributed by atoms with van der Waals surface area (Å²) in [6.45, 7) is 5.20. The molecule has 1 N–H and O–H groups in total. The number of sulfonamides is 1. The molecule has 0 saturated heterocycles. The Morgan fingerprint density at radius 1 is 1.32 bits per heavy atom. The number of aromatic nitrogens is 2. The van der Waals surface area contributed by atoms with Gasteiger partial charge in [0.15, 0.2) is 0 Å². The number of ether oxygens (including phenoxy) is 1. The number of hydrogen-bond acceptors (Lipinski definition) is 6. The molecule has 3 aromatic rings. The van der Waals surface area contributed by atoms with Crippen LogP contribution in [0.2, 0.25) is 5.02 Å². The van der Waals surface area contributed by atoms with Crippen molar-refractivity contribution in [2.75, 3.05) is 13.2 Å². The van der Waals surface area contributed by atoms with Crippen LogP contribution in [0, 0.1) is 19.7 Å². The molecule has 182 valence electrons. The van der Waals surface area contributed by atoms with Gasteiger partial charge in [0.05, 0.1) is 0 Å². The van der Waals surface area contributed by atoms with Gasteiger partial charge in [-0.05, 0) is 48.2 Å². The molecule has 34 heavy (non-hydrogen) atoms. The van der Waals surface area contributed by atoms with E-state index in [-0.39, 0.29) is 29.7 Å². The van der Waals surface area contributed by atoms with Crippen LogP contribution in [0.15, 0.2) is 38.4 Å². The number of nitrogens with one attached hydrogen (secondary N) is 1. The van der Waals surface area contributed by atoms with E-state index in [1.807, 2.05) is 6.92 Å². The zero-order valence-electron chi connectivity index (χ0n) is 18.6. The number of fused-ring (bicyclic) bond motifs is 1. The van der Waals surface area contributed by atoms with E-state index >= 15 is 4.39 Å². The van der Waals surface area contributed by atoms with Crippen molar-refractivity contribution in [2.45, 2.75) is 43.0 Å². The first-order valence-electron chi connectivity index (χ1n) is 10.4. The molecule has 0 spiro atoms. The van der Waals surface area contributed by atoms with E-state index in [1.165, 1.54) is 18.2 Å². The third-order valence-corrected chi connectivity index (χ3v) is 8.95. The number of aryl methyl sites for hydroxylation is 1. The Morgan fingerprint density at radius 2 is 2.06 bits per heavy atom. The van der Waals surface area contributed by atoms with Crippen molar-refractivity contribution in [1.82, 2.24) is 14.5 Å². The molecule has 1 aromatic heterocycles. The first-order valence-corrected chi connectivity index (χ1v) is 13.3. The minimum Gasteiger partial charge on any atom is -0.491 e. The summed E-state index contributed by atoms with van der Waals surface area (Å²) in [5.74, 6) is -2.14. The number of halogens is 3. The summed E-state index contributed by atoms with van der Waals surface area (Å²) < 4.78 is 55.0. The Labute approximate surface area is 209 Å². The summed E-state index contributed by atoms with van der Waals surface area (Å²) in [6, 6.07) is 4.78. The first-order chi connectivity index (χ1) is 16.1. The lowest BCUT2D eigenvalue weighted by Crippen LogP contribution is -2.39. The summed E-state index contributed by atoms with van der Waals surface area (Å²) in [6.07, 6.45) is 0. The zero-order chi connectivity index (χ0) is 24.8. The van der Waals surface area contributed by atoms with Crippen LogP contribution in [0.5, 0.6) is 5.75 Å². The number of alkyl halides is 1. The van der Waals surface area contributed by atoms with E-state index in [0.29, 0.717) is 27.0 Å². The average molecular weight is 575 g/mol. The van der Waals surface area contributed by atoms with Crippen LogP contribution in [-0.4, -0.2) is 36.1 Å². The van der Waals surface area contributed by atoms with Crippen LogP contribution in [0.25, 0.3) is 0 Å². The summed E-state index contributed by atoms with van der Waals surface area (Å²) in [5, 5.41) is 6.79. The number of rotatable bonds is 5. The van der Waals surface area contributed by atoms with Crippen LogP contribution in [-0.2, 0) is 15.4 Å². The van der Waals surface area contributed by atoms with Crippen molar-refractivity contribution in [1.29, 1.82) is 0 Å². The van der Waals surface area contributed by atoms with Gasteiger partial charge in [0.2, 0.25) is 15.9 Å². The van der Waals surface area contributed by atoms with Crippen molar-refractivity contribution in [2.24, 2.45) is 0 Å². The van der Waals surface area contributed by atoms with Crippen molar-refractivity contribution >= 4 is 37.6 Å². The number of aromatic amines is 1. The van der Waals surface area contributed by atoms with Gasteiger partial charge in [-0.2, -0.15) is 4.31 Å². The second kappa shape index (κ2) is 9.44. The second-order valence-corrected chi connectivity index (χ2v) is 10.9. The second-order valence-electron chi connectivity index (χ2n) is 8.08. The molecule has 0 fully saturated rings. The molecular formula is C22H22BrClFN3O5S. The highest BCUT2D eigenvalue weighted by Crippen LogP contribution is 2.43. The Kier molecular flexibility index (Phi) is 6.92. The lowest BCUT2D eigenvalue weighted by molar-refractivity contribution is 0.209. The number of nitrogens with zero attached hydrogens (tertiary/aromatic N) is 2. The zero-order valence-corrected chi connectivity index (χ0v) is 21.7. The average Bonchev–Trinajstić information content (AvgIpc) is 3.16. The molecule has 0 aliphatic carbocycles. The van der Waals surface area contributed by atoms with Crippen molar-refractivity contribution in [3.8, 4) is 5.75 Å². The molecule has 2 aromatic carbocycles. The Morgan fingerprint density at radius 3 is 2.71 bits per heavy atom. The fourth-order valence-corrected chi connectivity index (χ4v) is 6.90. The normalized spacial score (nSPS) is 17.5. The van der Waals surface area contributed by atoms with Crippen LogP contribution >= 0.6 is 27.5 Å². The molecule has 2 atom stereocenters. The third kappa shape index (κ3) is 4.30. The Balaban J connectivity index is 1.93. The summed E-state index contributed by atoms with van der Waals surface area (Å²) in [5.41, 5.74) is 2.39. The molecular weight excluding hydrogens is 553 g/mol. The van der Waals surface area contributed by atoms with E-state index in [1.54, 1.807) is 19.9 Å². The minimum atomic E-state index is -4.21. The molecule has 1 aliphatic rings. The van der Waals surface area contributed by atoms with Crippen LogP contribution < -0.4 is 10.5 Å². The highest BCUT2D eigenvalue weighted by atomic mass is 79.9. The standard InChI is InChI=1S/C22H22BrClFN3O5S/c1-11-4-5-16(25)19(12(11)2)13(3)20(21-26-27-22(29)33-21)28-6-7-32-17-9-15(24)14(10-23)8-18(17)34(28,30)31/h4-5,8-9,13,20H,6-7,10H2,1-3H3,(H,27,29)/t13?,20-/m0/s1. The van der Waals surface area contributed by atoms with Crippen LogP contribution in [0.3, 0.4) is 0 Å². The molecule has 0 radical (unpaired) electrons. The maximum atomic E-state index is 15.1. The van der Waals surface area contributed by atoms with Gasteiger partial charge in [-0.1, -0.05) is 40.5 Å². The quantitative estimate of drug-likeness (QED) is 0.447. The van der Waals surface area contributed by atoms with Gasteiger partial charge in [-0.15, -0.1) is 5.10 Å². The smallest absolute Gasteiger partial charge is 0.434 e. The van der Waals surface area contributed by atoms with E-state index < -0.39 is 33.6 Å². The SMILES string of the molecule is Cc1ccc(F)c(C(C)[C@@H](c2n[nH]c(=O)o2)N2CCOc3cc(Cl)c(CBr)cc3S2(=O)=O)c1C. The summed E-state index contributed by atoms with van der Waals surface area (Å²) in [4.78, 5) is 11.7. The van der Waals surface area contributed by atoms with Crippen molar-refractivity contribution in [3.05, 3.63) is 73.8 Å². The highest BCUT2D eigenvalue weighted by molar-refractivity contribution is 9.08. The number of H-pyrrole nitrogens is 1. The Hall–Kier alpha value is -2.21. The van der Waals surface area contributed by atoms with E-state index in [9.17, 15) is 13.2 Å². The fraction of sp³-hybridized carbons (Fsp3) is 0.364. The van der Waals surface area contributed by atoms with Crippen molar-refractivity contribution in [3.63, 3.8) is 0 Å². The topological polar surface area (TPSA) is 106 Å². The minimum absolute atomic E-state index is 0.00335. The van der Waals surface area contributed by atoms with Crippen LogP contribution in [0.1, 0.15) is 47.0 Å². The third-order valence-electron chi connectivity index (χ3n) is 6.09. The lowest BCUT2D eigenvalue weighted by atomic mass is 9.87. The summed E-state index contributed by atoms with van der Waals surface area (Å²) >= 11 is 9.58. The fourth-order valence-electron chi connectivity index (χ4n) is 4.25. The van der Waals surface area contributed by atoms with E-state index in [4.69, 9.17) is 20.8 Å². The first kappa shape index (κ1) is 24.9. The van der Waals surface area contributed by atoms with E-state index in [2.05, 4.69) is 26.1 Å². The molecule has 1 aliphatic heterocycles. The Bertz CT molecular complexity index is 1410. The molecule has 0 bridgehead atoms. The predicted octanol–water partition coefficient (Wildman–Crippen LogP) is 4.60. The maximum absolute atomic E-state index is 15.1. The van der Waals surface area contributed by atoms with E-state index in [0.717, 1.165) is 9.87 Å². The molecule has 4 rings (SSSR count). The van der Waals surface area contributed by atoms with Gasteiger partial charge >= 0.3 is 5.76 Å². The number of benzene rings is 2. The number of hydrogen-bond donors (Lipinski definition) is 1. The largest absolute Gasteiger partial charge is 0.491 e. The highest BCUT2D eigenvalue weighted by Gasteiger charge is 2.43. The maximum Gasteiger partial charge on any atom is 0.434 e. The molecule has 1 unspecified atom stereocenters. The molecule has 12 heteroatoms. The van der Waals surface area contributed by atoms with Gasteiger partial charge in [-0.25, -0.2) is 22.7 Å². The van der Waals surface area contributed by atoms with Gasteiger partial charge in [0.1, 0.15) is 29.1 Å². The van der Waals surface area contributed by atoms with Gasteiger partial charge in [0.25, 0.3) is 0 Å². The predicted molar refractivity (Wildman–Crippen MR) is 128 cm³/mol. The van der Waals surface area contributed by atoms with Gasteiger partial charge in [-0.3, -0.25) is 0 Å². The molecule has 8 nitrogen and oxygen atoms in total. The summed E-state index contributed by atoms with van der Waals surface area (Å²) in [7, 11) is -4.21. The van der Waals surface area contributed by atoms with Gasteiger partial charge in [0, 0.05) is 28.9 Å².